The molecule has 1 aromatic heterocycles. The number of piperidine rings is 1. The van der Waals surface area contributed by atoms with Crippen LogP contribution in [0.1, 0.15) is 30.1 Å². The van der Waals surface area contributed by atoms with E-state index in [-0.39, 0.29) is 36.5 Å². The summed E-state index contributed by atoms with van der Waals surface area (Å²) in [5, 5.41) is 27.6. The monoisotopic (exact) mass is 719 g/mol. The van der Waals surface area contributed by atoms with E-state index in [0.717, 1.165) is 42.6 Å². The zero-order valence-electron chi connectivity index (χ0n) is 29.7. The SMILES string of the molecule is CN(CCN1CCC(OC(=O)Nc2ccccc2-c2ccccc2)CC1)C(=O)COc1ccc(CNCC(O)c2ccc(O)c3[nH]c(=O)ccc23)cc1. The highest BCUT2D eigenvalue weighted by Crippen LogP contribution is 2.29. The number of aliphatic hydroxyl groups excluding tert-OH is 1. The van der Waals surface area contributed by atoms with Gasteiger partial charge in [0.1, 0.15) is 17.6 Å². The molecule has 276 valence electrons. The van der Waals surface area contributed by atoms with Crippen LogP contribution in [-0.4, -0.2) is 89.5 Å². The van der Waals surface area contributed by atoms with Crippen molar-refractivity contribution in [2.45, 2.75) is 31.6 Å². The molecule has 1 atom stereocenters. The average Bonchev–Trinajstić information content (AvgIpc) is 3.18. The molecule has 5 N–H and O–H groups in total. The number of phenols is 1. The second-order valence-corrected chi connectivity index (χ2v) is 13.2. The molecule has 1 unspecified atom stereocenters. The zero-order valence-corrected chi connectivity index (χ0v) is 29.7. The van der Waals surface area contributed by atoms with Crippen molar-refractivity contribution in [1.82, 2.24) is 20.1 Å². The molecule has 0 saturated carbocycles. The Bertz CT molecular complexity index is 2050. The third-order valence-corrected chi connectivity index (χ3v) is 9.45. The molecule has 0 radical (unpaired) electrons. The number of carbonyl (C=O) groups excluding carboxylic acids is 2. The number of likely N-dealkylation sites (N-methyl/N-ethyl adjacent to an activating group) is 1. The number of aliphatic hydroxyl groups is 1. The molecule has 5 aromatic rings. The number of nitrogens with one attached hydrogen (secondary N) is 3. The Labute approximate surface area is 308 Å². The van der Waals surface area contributed by atoms with Gasteiger partial charge in [0.05, 0.1) is 17.3 Å². The Balaban J connectivity index is 0.865. The number of benzene rings is 4. The lowest BCUT2D eigenvalue weighted by molar-refractivity contribution is -0.132. The summed E-state index contributed by atoms with van der Waals surface area (Å²) in [5.41, 5.74) is 4.19. The number of carbonyl (C=O) groups is 2. The number of phenolic OH excluding ortho intramolecular Hbond substituents is 1. The van der Waals surface area contributed by atoms with Crippen LogP contribution in [-0.2, 0) is 16.1 Å². The van der Waals surface area contributed by atoms with Gasteiger partial charge in [0.15, 0.2) is 6.61 Å². The molecule has 1 aliphatic heterocycles. The van der Waals surface area contributed by atoms with Gasteiger partial charge >= 0.3 is 6.09 Å². The molecule has 4 aromatic carbocycles. The number of nitrogens with zero attached hydrogens (tertiary/aromatic N) is 2. The summed E-state index contributed by atoms with van der Waals surface area (Å²) in [5.74, 6) is 0.401. The number of rotatable bonds is 14. The number of aromatic nitrogens is 1. The number of ether oxygens (including phenoxy) is 2. The van der Waals surface area contributed by atoms with Gasteiger partial charge in [-0.25, -0.2) is 4.79 Å². The van der Waals surface area contributed by atoms with Crippen LogP contribution >= 0.6 is 0 Å². The van der Waals surface area contributed by atoms with E-state index in [1.807, 2.05) is 66.7 Å². The number of fused-ring (bicyclic) bond motifs is 1. The first-order chi connectivity index (χ1) is 25.7. The van der Waals surface area contributed by atoms with Crippen LogP contribution in [0, 0.1) is 0 Å². The van der Waals surface area contributed by atoms with Crippen molar-refractivity contribution in [2.24, 2.45) is 0 Å². The molecule has 0 spiro atoms. The van der Waals surface area contributed by atoms with Crippen LogP contribution in [0.25, 0.3) is 22.0 Å². The number of H-pyrrole nitrogens is 1. The van der Waals surface area contributed by atoms with Gasteiger partial charge < -0.3 is 39.8 Å². The van der Waals surface area contributed by atoms with E-state index in [9.17, 15) is 24.6 Å². The Kier molecular flexibility index (Phi) is 12.4. The second-order valence-electron chi connectivity index (χ2n) is 13.2. The second kappa shape index (κ2) is 17.7. The summed E-state index contributed by atoms with van der Waals surface area (Å²) < 4.78 is 11.5. The first-order valence-corrected chi connectivity index (χ1v) is 17.8. The van der Waals surface area contributed by atoms with E-state index in [0.29, 0.717) is 47.5 Å². The largest absolute Gasteiger partial charge is 0.506 e. The first-order valence-electron chi connectivity index (χ1n) is 17.8. The number of aromatic hydroxyl groups is 1. The van der Waals surface area contributed by atoms with Crippen LogP contribution in [0.15, 0.2) is 108 Å². The third kappa shape index (κ3) is 10.0. The molecule has 2 amide bonds. The Morgan fingerprint density at radius 2 is 1.68 bits per heavy atom. The molecule has 53 heavy (non-hydrogen) atoms. The minimum absolute atomic E-state index is 0.0539. The smallest absolute Gasteiger partial charge is 0.411 e. The van der Waals surface area contributed by atoms with Gasteiger partial charge in [-0.05, 0) is 59.9 Å². The lowest BCUT2D eigenvalue weighted by atomic mass is 10.0. The summed E-state index contributed by atoms with van der Waals surface area (Å²) in [4.78, 5) is 43.8. The van der Waals surface area contributed by atoms with E-state index in [2.05, 4.69) is 20.5 Å². The van der Waals surface area contributed by atoms with Gasteiger partial charge in [-0.3, -0.25) is 14.9 Å². The van der Waals surface area contributed by atoms with E-state index in [4.69, 9.17) is 9.47 Å². The number of amides is 2. The highest BCUT2D eigenvalue weighted by molar-refractivity contribution is 5.91. The van der Waals surface area contributed by atoms with E-state index in [1.165, 1.54) is 12.1 Å². The van der Waals surface area contributed by atoms with Crippen molar-refractivity contribution in [3.05, 3.63) is 125 Å². The minimum Gasteiger partial charge on any atom is -0.506 e. The molecular formula is C41H45N5O7. The van der Waals surface area contributed by atoms with Crippen molar-refractivity contribution in [3.63, 3.8) is 0 Å². The molecule has 1 fully saturated rings. The van der Waals surface area contributed by atoms with Gasteiger partial charge in [-0.1, -0.05) is 66.7 Å². The number of likely N-dealkylation sites (tertiary alicyclic amines) is 1. The summed E-state index contributed by atoms with van der Waals surface area (Å²) in [6.45, 7) is 3.48. The molecule has 1 saturated heterocycles. The number of para-hydroxylation sites is 1. The number of pyridine rings is 1. The number of anilines is 1. The number of aromatic amines is 1. The lowest BCUT2D eigenvalue weighted by Gasteiger charge is -2.32. The summed E-state index contributed by atoms with van der Waals surface area (Å²) in [7, 11) is 1.77. The maximum atomic E-state index is 12.8. The fourth-order valence-corrected chi connectivity index (χ4v) is 6.39. The van der Waals surface area contributed by atoms with Crippen LogP contribution in [0.3, 0.4) is 0 Å². The maximum Gasteiger partial charge on any atom is 0.411 e. The predicted molar refractivity (Wildman–Crippen MR) is 204 cm³/mol. The molecule has 2 heterocycles. The summed E-state index contributed by atoms with van der Waals surface area (Å²) >= 11 is 0. The quantitative estimate of drug-likeness (QED) is 0.103. The number of hydrogen-bond acceptors (Lipinski definition) is 9. The highest BCUT2D eigenvalue weighted by Gasteiger charge is 2.23. The van der Waals surface area contributed by atoms with Crippen LogP contribution in [0.5, 0.6) is 11.5 Å². The summed E-state index contributed by atoms with van der Waals surface area (Å²) in [6.07, 6.45) is -0.0425. The Hall–Kier alpha value is -5.69. The maximum absolute atomic E-state index is 12.8. The molecule has 6 rings (SSSR count). The fraction of sp³-hybridized carbons (Fsp3) is 0.293. The van der Waals surface area contributed by atoms with E-state index < -0.39 is 12.2 Å². The molecule has 12 nitrogen and oxygen atoms in total. The highest BCUT2D eigenvalue weighted by atomic mass is 16.6. The average molecular weight is 720 g/mol. The van der Waals surface area contributed by atoms with Crippen molar-refractivity contribution >= 4 is 28.6 Å². The zero-order chi connectivity index (χ0) is 37.2. The fourth-order valence-electron chi connectivity index (χ4n) is 6.39. The molecule has 12 heteroatoms. The van der Waals surface area contributed by atoms with Gasteiger partial charge in [-0.2, -0.15) is 0 Å². The van der Waals surface area contributed by atoms with Crippen LogP contribution in [0.4, 0.5) is 10.5 Å². The predicted octanol–water partition coefficient (Wildman–Crippen LogP) is 5.27. The summed E-state index contributed by atoms with van der Waals surface area (Å²) in [6, 6.07) is 31.0. The van der Waals surface area contributed by atoms with Gasteiger partial charge in [0.2, 0.25) is 5.56 Å². The van der Waals surface area contributed by atoms with Crippen molar-refractivity contribution in [2.75, 3.05) is 51.7 Å². The normalized spacial score (nSPS) is 14.1. The van der Waals surface area contributed by atoms with Crippen LogP contribution in [0.2, 0.25) is 0 Å². The van der Waals surface area contributed by atoms with Crippen LogP contribution < -0.4 is 20.9 Å². The first kappa shape index (κ1) is 37.1. The molecular weight excluding hydrogens is 674 g/mol. The number of hydrogen-bond donors (Lipinski definition) is 5. The van der Waals surface area contributed by atoms with Crippen molar-refractivity contribution < 1.29 is 29.3 Å². The van der Waals surface area contributed by atoms with E-state index >= 15 is 0 Å². The molecule has 0 aliphatic carbocycles. The molecule has 1 aliphatic rings. The van der Waals surface area contributed by atoms with Crippen molar-refractivity contribution in [1.29, 1.82) is 0 Å². The Morgan fingerprint density at radius 1 is 0.943 bits per heavy atom. The molecule has 0 bridgehead atoms. The van der Waals surface area contributed by atoms with E-state index in [1.54, 1.807) is 36.2 Å². The Morgan fingerprint density at radius 3 is 2.45 bits per heavy atom. The van der Waals surface area contributed by atoms with Gasteiger partial charge in [0.25, 0.3) is 5.91 Å². The topological polar surface area (TPSA) is 156 Å². The minimum atomic E-state index is -0.858. The van der Waals surface area contributed by atoms with Crippen molar-refractivity contribution in [3.8, 4) is 22.6 Å². The van der Waals surface area contributed by atoms with Gasteiger partial charge in [-0.15, -0.1) is 0 Å². The third-order valence-electron chi connectivity index (χ3n) is 9.45. The standard InChI is InChI=1S/C41H45N5O7/c1-45(23-24-46-21-19-31(20-22-46)53-41(51)43-35-10-6-5-9-32(35)29-7-3-2-4-8-29)39(50)27-52-30-13-11-28(12-14-30)25-42-26-37(48)33-15-17-36(47)40-34(33)16-18-38(49)44-40/h2-18,31,37,42,47-48H,19-27H2,1H3,(H,43,51)(H,44,49). The van der Waals surface area contributed by atoms with Gasteiger partial charge in [0, 0.05) is 63.3 Å². The lowest BCUT2D eigenvalue weighted by Crippen LogP contribution is -2.43.